The van der Waals surface area contributed by atoms with Crippen molar-refractivity contribution < 1.29 is 9.59 Å². The Morgan fingerprint density at radius 3 is 2.43 bits per heavy atom. The largest absolute Gasteiger partial charge is 0.285 e. The van der Waals surface area contributed by atoms with Crippen molar-refractivity contribution in [3.63, 3.8) is 0 Å². The summed E-state index contributed by atoms with van der Waals surface area (Å²) in [5.74, 6) is -0.0602. The summed E-state index contributed by atoms with van der Waals surface area (Å²) in [7, 11) is 0. The molecule has 0 atom stereocenters. The van der Waals surface area contributed by atoms with E-state index in [2.05, 4.69) is 0 Å². The number of hydrogen-bond donors (Lipinski definition) is 0. The summed E-state index contributed by atoms with van der Waals surface area (Å²) in [6.07, 6.45) is 1.10. The zero-order chi connectivity index (χ0) is 5.28. The number of β-lactam (4-membered cyclic amide) rings is 1. The van der Waals surface area contributed by atoms with Crippen LogP contribution in [0.25, 0.3) is 0 Å². The lowest BCUT2D eigenvalue weighted by Gasteiger charge is -2.22. The van der Waals surface area contributed by atoms with E-state index in [1.165, 1.54) is 0 Å². The molecule has 0 aromatic heterocycles. The van der Waals surface area contributed by atoms with Crippen molar-refractivity contribution in [3.05, 3.63) is 0 Å². The Morgan fingerprint density at radius 1 is 1.71 bits per heavy atom. The van der Waals surface area contributed by atoms with Gasteiger partial charge in [0.2, 0.25) is 12.3 Å². The minimum atomic E-state index is -0.0602. The molecule has 2 amide bonds. The third kappa shape index (κ3) is 0.493. The first-order valence-electron chi connectivity index (χ1n) is 2.09. The zero-order valence-corrected chi connectivity index (χ0v) is 3.76. The Hall–Kier alpha value is -0.860. The van der Waals surface area contributed by atoms with Gasteiger partial charge in [-0.1, -0.05) is 0 Å². The van der Waals surface area contributed by atoms with Crippen molar-refractivity contribution in [1.82, 2.24) is 4.90 Å². The average Bonchev–Trinajstić information content (AvgIpc) is 1.65. The van der Waals surface area contributed by atoms with Gasteiger partial charge in [-0.2, -0.15) is 0 Å². The standard InChI is InChI=1S/C4H5NO2/c6-3-5-2-1-4(5)7/h3H,1-2H2. The molecule has 0 saturated carbocycles. The molecule has 1 fully saturated rings. The van der Waals surface area contributed by atoms with Crippen molar-refractivity contribution >= 4 is 12.3 Å². The first-order chi connectivity index (χ1) is 3.34. The van der Waals surface area contributed by atoms with Crippen molar-refractivity contribution in [2.24, 2.45) is 0 Å². The van der Waals surface area contributed by atoms with E-state index in [1.807, 2.05) is 0 Å². The van der Waals surface area contributed by atoms with Gasteiger partial charge in [-0.25, -0.2) is 0 Å². The second-order valence-corrected chi connectivity index (χ2v) is 1.44. The molecule has 0 aliphatic carbocycles. The highest BCUT2D eigenvalue weighted by Gasteiger charge is 2.21. The van der Waals surface area contributed by atoms with Gasteiger partial charge < -0.3 is 0 Å². The fourth-order valence-corrected chi connectivity index (χ4v) is 0.444. The molecule has 0 radical (unpaired) electrons. The summed E-state index contributed by atoms with van der Waals surface area (Å²) in [6.45, 7) is 0.613. The Balaban J connectivity index is 2.43. The van der Waals surface area contributed by atoms with Gasteiger partial charge in [-0.15, -0.1) is 0 Å². The fourth-order valence-electron chi connectivity index (χ4n) is 0.444. The molecule has 0 unspecified atom stereocenters. The summed E-state index contributed by atoms with van der Waals surface area (Å²) in [4.78, 5) is 21.0. The highest BCUT2D eigenvalue weighted by molar-refractivity contribution is 5.91. The Morgan fingerprint density at radius 2 is 2.43 bits per heavy atom. The first kappa shape index (κ1) is 4.30. The van der Waals surface area contributed by atoms with Crippen LogP contribution in [0, 0.1) is 0 Å². The predicted octanol–water partition coefficient (Wildman–Crippen LogP) is -0.625. The maximum absolute atomic E-state index is 10.2. The van der Waals surface area contributed by atoms with E-state index < -0.39 is 0 Å². The van der Waals surface area contributed by atoms with Crippen LogP contribution in [0.5, 0.6) is 0 Å². The molecular weight excluding hydrogens is 94.0 g/mol. The molecular formula is C4H5NO2. The van der Waals surface area contributed by atoms with E-state index in [-0.39, 0.29) is 5.91 Å². The molecule has 1 heterocycles. The zero-order valence-electron chi connectivity index (χ0n) is 3.76. The van der Waals surface area contributed by atoms with E-state index in [0.717, 1.165) is 4.90 Å². The van der Waals surface area contributed by atoms with Crippen LogP contribution >= 0.6 is 0 Å². The third-order valence-electron chi connectivity index (χ3n) is 1.01. The Labute approximate surface area is 40.9 Å². The highest BCUT2D eigenvalue weighted by atomic mass is 16.2. The summed E-state index contributed by atoms with van der Waals surface area (Å²) in [6, 6.07) is 0. The van der Waals surface area contributed by atoms with Crippen LogP contribution in [0.15, 0.2) is 0 Å². The Bertz CT molecular complexity index is 110. The number of carbonyl (C=O) groups is 2. The van der Waals surface area contributed by atoms with Gasteiger partial charge in [0.05, 0.1) is 0 Å². The van der Waals surface area contributed by atoms with Crippen LogP contribution in [0.4, 0.5) is 0 Å². The predicted molar refractivity (Wildman–Crippen MR) is 22.4 cm³/mol. The van der Waals surface area contributed by atoms with Gasteiger partial charge in [-0.3, -0.25) is 14.5 Å². The van der Waals surface area contributed by atoms with Crippen LogP contribution in [-0.2, 0) is 9.59 Å². The van der Waals surface area contributed by atoms with E-state index in [9.17, 15) is 9.59 Å². The van der Waals surface area contributed by atoms with E-state index >= 15 is 0 Å². The summed E-state index contributed by atoms with van der Waals surface area (Å²) < 4.78 is 0. The number of carbonyl (C=O) groups excluding carboxylic acids is 2. The molecule has 7 heavy (non-hydrogen) atoms. The van der Waals surface area contributed by atoms with Gasteiger partial charge in [0.1, 0.15) is 0 Å². The van der Waals surface area contributed by atoms with Gasteiger partial charge in [0, 0.05) is 13.0 Å². The third-order valence-corrected chi connectivity index (χ3v) is 1.01. The monoisotopic (exact) mass is 99.0 g/mol. The normalized spacial score (nSPS) is 18.9. The van der Waals surface area contributed by atoms with E-state index in [4.69, 9.17) is 0 Å². The van der Waals surface area contributed by atoms with Crippen molar-refractivity contribution in [1.29, 1.82) is 0 Å². The van der Waals surface area contributed by atoms with Crippen LogP contribution < -0.4 is 0 Å². The minimum Gasteiger partial charge on any atom is -0.285 e. The molecule has 1 aliphatic heterocycles. The van der Waals surface area contributed by atoms with Gasteiger partial charge in [0.25, 0.3) is 0 Å². The smallest absolute Gasteiger partial charge is 0.230 e. The lowest BCUT2D eigenvalue weighted by atomic mass is 10.2. The molecule has 1 saturated heterocycles. The first-order valence-corrected chi connectivity index (χ1v) is 2.09. The number of likely N-dealkylation sites (tertiary alicyclic amines) is 1. The number of rotatable bonds is 1. The van der Waals surface area contributed by atoms with E-state index in [1.54, 1.807) is 0 Å². The van der Waals surface area contributed by atoms with Crippen molar-refractivity contribution in [2.75, 3.05) is 6.54 Å². The number of nitrogens with zero attached hydrogens (tertiary/aromatic N) is 1. The lowest BCUT2D eigenvalue weighted by molar-refractivity contribution is -0.145. The summed E-state index contributed by atoms with van der Waals surface area (Å²) in [5, 5.41) is 0. The lowest BCUT2D eigenvalue weighted by Crippen LogP contribution is -2.41. The molecule has 3 heteroatoms. The maximum Gasteiger partial charge on any atom is 0.230 e. The molecule has 3 nitrogen and oxygen atoms in total. The molecule has 0 spiro atoms. The molecule has 0 aromatic rings. The second kappa shape index (κ2) is 1.33. The SMILES string of the molecule is O=CN1CCC1=O. The topological polar surface area (TPSA) is 37.4 Å². The number of amides is 2. The van der Waals surface area contributed by atoms with Crippen LogP contribution in [0.3, 0.4) is 0 Å². The van der Waals surface area contributed by atoms with Gasteiger partial charge >= 0.3 is 0 Å². The number of hydrogen-bond acceptors (Lipinski definition) is 2. The molecule has 38 valence electrons. The van der Waals surface area contributed by atoms with Gasteiger partial charge in [-0.05, 0) is 0 Å². The van der Waals surface area contributed by atoms with Crippen molar-refractivity contribution in [2.45, 2.75) is 6.42 Å². The average molecular weight is 99.1 g/mol. The molecule has 0 bridgehead atoms. The molecule has 1 rings (SSSR count). The Kier molecular flexibility index (Phi) is 0.817. The fraction of sp³-hybridized carbons (Fsp3) is 0.500. The molecule has 0 aromatic carbocycles. The van der Waals surface area contributed by atoms with E-state index in [0.29, 0.717) is 19.4 Å². The molecule has 1 aliphatic rings. The second-order valence-electron chi connectivity index (χ2n) is 1.44. The minimum absolute atomic E-state index is 0.0602. The van der Waals surface area contributed by atoms with Crippen LogP contribution in [-0.4, -0.2) is 23.8 Å². The quantitative estimate of drug-likeness (QED) is 0.324. The molecule has 0 N–H and O–H groups in total. The number of imide groups is 1. The summed E-state index contributed by atoms with van der Waals surface area (Å²) in [5.41, 5.74) is 0. The maximum atomic E-state index is 10.2. The summed E-state index contributed by atoms with van der Waals surface area (Å²) >= 11 is 0. The van der Waals surface area contributed by atoms with Crippen molar-refractivity contribution in [3.8, 4) is 0 Å². The van der Waals surface area contributed by atoms with Gasteiger partial charge in [0.15, 0.2) is 0 Å². The van der Waals surface area contributed by atoms with Crippen LogP contribution in [0.1, 0.15) is 6.42 Å². The van der Waals surface area contributed by atoms with Crippen LogP contribution in [0.2, 0.25) is 0 Å². The highest BCUT2D eigenvalue weighted by Crippen LogP contribution is 2.02.